The maximum atomic E-state index is 12.7. The predicted molar refractivity (Wildman–Crippen MR) is 101 cm³/mol. The van der Waals surface area contributed by atoms with E-state index in [1.807, 2.05) is 13.0 Å². The average molecular weight is 369 g/mol. The van der Waals surface area contributed by atoms with Crippen LogP contribution in [0.2, 0.25) is 0 Å². The lowest BCUT2D eigenvalue weighted by molar-refractivity contribution is -0.385. The van der Waals surface area contributed by atoms with Crippen molar-refractivity contribution in [2.24, 2.45) is 0 Å². The van der Waals surface area contributed by atoms with Crippen molar-refractivity contribution in [1.29, 1.82) is 0 Å². The monoisotopic (exact) mass is 369 g/mol. The number of thiophene rings is 1. The van der Waals surface area contributed by atoms with E-state index in [2.05, 4.69) is 4.98 Å². The number of hydrogen-bond donors (Lipinski definition) is 1. The SMILES string of the molecule is CCc1cc2c(=O)n3c(nc2s1)/C(=C/c1ccc(O)c([N+](=O)[O-])c1)CC3. The summed E-state index contributed by atoms with van der Waals surface area (Å²) in [5.74, 6) is 0.244. The third-order valence-electron chi connectivity index (χ3n) is 4.48. The molecular weight excluding hydrogens is 354 g/mol. The molecule has 0 bridgehead atoms. The van der Waals surface area contributed by atoms with Gasteiger partial charge in [-0.2, -0.15) is 0 Å². The molecule has 0 unspecified atom stereocenters. The first-order valence-corrected chi connectivity index (χ1v) is 9.01. The van der Waals surface area contributed by atoms with Crippen LogP contribution in [0.3, 0.4) is 0 Å². The fourth-order valence-corrected chi connectivity index (χ4v) is 4.11. The summed E-state index contributed by atoms with van der Waals surface area (Å²) in [5, 5.41) is 21.2. The molecule has 0 aliphatic carbocycles. The lowest BCUT2D eigenvalue weighted by Gasteiger charge is -2.03. The van der Waals surface area contributed by atoms with E-state index in [0.717, 1.165) is 21.7 Å². The fraction of sp³-hybridized carbons (Fsp3) is 0.222. The molecule has 1 aliphatic rings. The summed E-state index contributed by atoms with van der Waals surface area (Å²) in [6.07, 6.45) is 3.28. The maximum absolute atomic E-state index is 12.7. The second-order valence-electron chi connectivity index (χ2n) is 6.10. The van der Waals surface area contributed by atoms with E-state index in [-0.39, 0.29) is 17.0 Å². The van der Waals surface area contributed by atoms with Crippen molar-refractivity contribution in [2.75, 3.05) is 0 Å². The van der Waals surface area contributed by atoms with Crippen LogP contribution in [0.1, 0.15) is 29.6 Å². The highest BCUT2D eigenvalue weighted by atomic mass is 32.1. The fourth-order valence-electron chi connectivity index (χ4n) is 3.15. The zero-order valence-electron chi connectivity index (χ0n) is 13.9. The smallest absolute Gasteiger partial charge is 0.311 e. The molecule has 0 spiro atoms. The Bertz CT molecular complexity index is 1140. The second kappa shape index (κ2) is 6.06. The van der Waals surface area contributed by atoms with Gasteiger partial charge in [0.05, 0.1) is 10.3 Å². The van der Waals surface area contributed by atoms with Crippen LogP contribution in [0.25, 0.3) is 21.9 Å². The first-order valence-electron chi connectivity index (χ1n) is 8.19. The maximum Gasteiger partial charge on any atom is 0.311 e. The number of fused-ring (bicyclic) bond motifs is 2. The zero-order chi connectivity index (χ0) is 18.4. The molecule has 0 saturated carbocycles. The Morgan fingerprint density at radius 2 is 2.23 bits per heavy atom. The van der Waals surface area contributed by atoms with E-state index in [9.17, 15) is 20.0 Å². The molecule has 1 N–H and O–H groups in total. The summed E-state index contributed by atoms with van der Waals surface area (Å²) in [6.45, 7) is 2.58. The topological polar surface area (TPSA) is 98.3 Å². The van der Waals surface area contributed by atoms with Gasteiger partial charge in [-0.25, -0.2) is 4.98 Å². The third-order valence-corrected chi connectivity index (χ3v) is 5.65. The Labute approximate surface area is 152 Å². The van der Waals surface area contributed by atoms with E-state index in [4.69, 9.17) is 0 Å². The van der Waals surface area contributed by atoms with E-state index in [1.54, 1.807) is 16.7 Å². The largest absolute Gasteiger partial charge is 0.502 e. The molecule has 0 fully saturated rings. The van der Waals surface area contributed by atoms with Crippen molar-refractivity contribution < 1.29 is 10.0 Å². The van der Waals surface area contributed by atoms with Crippen LogP contribution in [-0.4, -0.2) is 19.6 Å². The van der Waals surface area contributed by atoms with Gasteiger partial charge in [-0.3, -0.25) is 19.5 Å². The minimum atomic E-state index is -0.621. The number of aromatic nitrogens is 2. The molecule has 1 aromatic carbocycles. The van der Waals surface area contributed by atoms with Crippen molar-refractivity contribution >= 4 is 38.9 Å². The molecular formula is C18H15N3O4S. The number of aromatic hydroxyl groups is 1. The molecule has 3 aromatic rings. The van der Waals surface area contributed by atoms with Crippen molar-refractivity contribution in [3.8, 4) is 5.75 Å². The number of benzene rings is 1. The highest BCUT2D eigenvalue weighted by Crippen LogP contribution is 2.32. The van der Waals surface area contributed by atoms with E-state index >= 15 is 0 Å². The van der Waals surface area contributed by atoms with Gasteiger partial charge in [0.15, 0.2) is 5.75 Å². The molecule has 0 atom stereocenters. The van der Waals surface area contributed by atoms with Crippen LogP contribution in [0.15, 0.2) is 29.1 Å². The summed E-state index contributed by atoms with van der Waals surface area (Å²) < 4.78 is 1.66. The van der Waals surface area contributed by atoms with Gasteiger partial charge in [0, 0.05) is 17.5 Å². The Balaban J connectivity index is 1.84. The quantitative estimate of drug-likeness (QED) is 0.562. The summed E-state index contributed by atoms with van der Waals surface area (Å²) in [5.41, 5.74) is 1.06. The third kappa shape index (κ3) is 2.59. The molecule has 8 heteroatoms. The number of nitro groups is 1. The predicted octanol–water partition coefficient (Wildman–Crippen LogP) is 3.58. The minimum Gasteiger partial charge on any atom is -0.502 e. The highest BCUT2D eigenvalue weighted by molar-refractivity contribution is 7.18. The standard InChI is InChI=1S/C18H15N3O4S/c1-2-12-9-13-17(26-12)19-16-11(5-6-20(16)18(13)23)7-10-3-4-15(22)14(8-10)21(24)25/h3-4,7-9,22H,2,5-6H2,1H3/b11-7+. The zero-order valence-corrected chi connectivity index (χ0v) is 14.7. The van der Waals surface area contributed by atoms with Crippen molar-refractivity contribution in [2.45, 2.75) is 26.3 Å². The van der Waals surface area contributed by atoms with Crippen LogP contribution in [0.5, 0.6) is 5.75 Å². The molecule has 1 aliphatic heterocycles. The Kier molecular flexibility index (Phi) is 3.84. The Morgan fingerprint density at radius 1 is 1.42 bits per heavy atom. The number of rotatable bonds is 3. The summed E-state index contributed by atoms with van der Waals surface area (Å²) in [4.78, 5) is 29.6. The Morgan fingerprint density at radius 3 is 2.96 bits per heavy atom. The lowest BCUT2D eigenvalue weighted by Crippen LogP contribution is -2.19. The molecule has 26 heavy (non-hydrogen) atoms. The summed E-state index contributed by atoms with van der Waals surface area (Å²) in [7, 11) is 0. The average Bonchev–Trinajstić information content (AvgIpc) is 3.21. The van der Waals surface area contributed by atoms with Crippen molar-refractivity contribution in [3.05, 3.63) is 61.0 Å². The van der Waals surface area contributed by atoms with Crippen LogP contribution in [0.4, 0.5) is 5.69 Å². The highest BCUT2D eigenvalue weighted by Gasteiger charge is 2.22. The number of phenols is 1. The number of nitro benzene ring substituents is 1. The molecule has 0 radical (unpaired) electrons. The van der Waals surface area contributed by atoms with E-state index in [0.29, 0.717) is 29.7 Å². The number of phenolic OH excluding ortho intramolecular Hbond substituents is 1. The second-order valence-corrected chi connectivity index (χ2v) is 7.22. The van der Waals surface area contributed by atoms with Crippen LogP contribution in [-0.2, 0) is 13.0 Å². The minimum absolute atomic E-state index is 0.0407. The van der Waals surface area contributed by atoms with Crippen LogP contribution >= 0.6 is 11.3 Å². The first kappa shape index (κ1) is 16.5. The van der Waals surface area contributed by atoms with Gasteiger partial charge in [-0.1, -0.05) is 13.0 Å². The molecule has 3 heterocycles. The molecule has 4 rings (SSSR count). The van der Waals surface area contributed by atoms with Gasteiger partial charge in [-0.15, -0.1) is 11.3 Å². The van der Waals surface area contributed by atoms with Crippen LogP contribution < -0.4 is 5.56 Å². The van der Waals surface area contributed by atoms with Crippen LogP contribution in [0, 0.1) is 10.1 Å². The number of nitrogens with zero attached hydrogens (tertiary/aromatic N) is 3. The molecule has 0 saturated heterocycles. The lowest BCUT2D eigenvalue weighted by atomic mass is 10.1. The van der Waals surface area contributed by atoms with Gasteiger partial charge in [-0.05, 0) is 42.2 Å². The Hall–Kier alpha value is -3.00. The van der Waals surface area contributed by atoms with Gasteiger partial charge in [0.25, 0.3) is 5.56 Å². The number of allylic oxidation sites excluding steroid dienone is 1. The summed E-state index contributed by atoms with van der Waals surface area (Å²) in [6, 6.07) is 6.14. The van der Waals surface area contributed by atoms with Gasteiger partial charge in [0.2, 0.25) is 0 Å². The number of hydrogen-bond acceptors (Lipinski definition) is 6. The van der Waals surface area contributed by atoms with Gasteiger partial charge < -0.3 is 5.11 Å². The van der Waals surface area contributed by atoms with Gasteiger partial charge >= 0.3 is 5.69 Å². The van der Waals surface area contributed by atoms with E-state index in [1.165, 1.54) is 23.5 Å². The molecule has 2 aromatic heterocycles. The number of aryl methyl sites for hydroxylation is 1. The van der Waals surface area contributed by atoms with Crippen molar-refractivity contribution in [1.82, 2.24) is 9.55 Å². The molecule has 0 amide bonds. The molecule has 132 valence electrons. The van der Waals surface area contributed by atoms with Gasteiger partial charge in [0.1, 0.15) is 10.7 Å². The van der Waals surface area contributed by atoms with Crippen molar-refractivity contribution in [3.63, 3.8) is 0 Å². The van der Waals surface area contributed by atoms with E-state index < -0.39 is 4.92 Å². The summed E-state index contributed by atoms with van der Waals surface area (Å²) >= 11 is 1.52. The first-order chi connectivity index (χ1) is 12.5. The molecule has 7 nitrogen and oxygen atoms in total. The normalized spacial score (nSPS) is 14.9.